The number of H-pyrrole nitrogens is 1. The van der Waals surface area contributed by atoms with Crippen molar-refractivity contribution in [3.05, 3.63) is 64.4 Å². The fourth-order valence-corrected chi connectivity index (χ4v) is 2.43. The zero-order valence-electron chi connectivity index (χ0n) is 12.4. The number of rotatable bonds is 4. The van der Waals surface area contributed by atoms with Gasteiger partial charge in [-0.25, -0.2) is 9.18 Å². The summed E-state index contributed by atoms with van der Waals surface area (Å²) in [6.07, 6.45) is 0.269. The van der Waals surface area contributed by atoms with Gasteiger partial charge in [0.15, 0.2) is 5.58 Å². The van der Waals surface area contributed by atoms with Crippen LogP contribution in [0.2, 0.25) is 0 Å². The van der Waals surface area contributed by atoms with Gasteiger partial charge in [-0.2, -0.15) is 0 Å². The Balaban J connectivity index is 1.67. The Bertz CT molecular complexity index is 896. The highest BCUT2D eigenvalue weighted by Crippen LogP contribution is 2.21. The van der Waals surface area contributed by atoms with Crippen molar-refractivity contribution in [3.8, 4) is 0 Å². The van der Waals surface area contributed by atoms with Crippen LogP contribution in [-0.2, 0) is 4.79 Å². The summed E-state index contributed by atoms with van der Waals surface area (Å²) in [5.74, 6) is -1.03. The highest BCUT2D eigenvalue weighted by Gasteiger charge is 2.12. The predicted molar refractivity (Wildman–Crippen MR) is 84.9 cm³/mol. The normalized spacial score (nSPS) is 12.3. The largest absolute Gasteiger partial charge is 0.417 e. The zero-order chi connectivity index (χ0) is 16.4. The Morgan fingerprint density at radius 3 is 2.74 bits per heavy atom. The molecule has 118 valence electrons. The van der Waals surface area contributed by atoms with Crippen LogP contribution in [0.15, 0.2) is 51.7 Å². The van der Waals surface area contributed by atoms with E-state index >= 15 is 0 Å². The van der Waals surface area contributed by atoms with Gasteiger partial charge in [-0.1, -0.05) is 19.1 Å². The fourth-order valence-electron chi connectivity index (χ4n) is 2.43. The SMILES string of the molecule is CC(CC(=O)Nc1ccc2oc(=O)[nH]c2c1)c1ccc(F)cc1. The molecule has 23 heavy (non-hydrogen) atoms. The second-order valence-corrected chi connectivity index (χ2v) is 5.43. The fraction of sp³-hybridized carbons (Fsp3) is 0.176. The lowest BCUT2D eigenvalue weighted by Crippen LogP contribution is -2.14. The van der Waals surface area contributed by atoms with Crippen molar-refractivity contribution in [1.82, 2.24) is 4.98 Å². The maximum Gasteiger partial charge on any atom is 0.417 e. The van der Waals surface area contributed by atoms with E-state index in [0.29, 0.717) is 16.8 Å². The molecular formula is C17H15FN2O3. The molecule has 2 N–H and O–H groups in total. The number of carbonyl (C=O) groups is 1. The lowest BCUT2D eigenvalue weighted by molar-refractivity contribution is -0.116. The van der Waals surface area contributed by atoms with Crippen LogP contribution in [0, 0.1) is 5.82 Å². The van der Waals surface area contributed by atoms with Gasteiger partial charge in [-0.15, -0.1) is 0 Å². The number of carbonyl (C=O) groups excluding carboxylic acids is 1. The van der Waals surface area contributed by atoms with Crippen molar-refractivity contribution in [3.63, 3.8) is 0 Å². The standard InChI is InChI=1S/C17H15FN2O3/c1-10(11-2-4-12(18)5-3-11)8-16(21)19-13-6-7-15-14(9-13)20-17(22)23-15/h2-7,9-10H,8H2,1H3,(H,19,21)(H,20,22). The van der Waals surface area contributed by atoms with Crippen LogP contribution in [-0.4, -0.2) is 10.9 Å². The molecule has 0 spiro atoms. The number of aromatic amines is 1. The third-order valence-corrected chi connectivity index (χ3v) is 3.63. The quantitative estimate of drug-likeness (QED) is 0.775. The van der Waals surface area contributed by atoms with Crippen molar-refractivity contribution < 1.29 is 13.6 Å². The number of halogens is 1. The van der Waals surface area contributed by atoms with Crippen LogP contribution in [0.4, 0.5) is 10.1 Å². The molecule has 1 atom stereocenters. The summed E-state index contributed by atoms with van der Waals surface area (Å²) in [5, 5.41) is 2.78. The van der Waals surface area contributed by atoms with Crippen LogP contribution in [0.3, 0.4) is 0 Å². The molecule has 1 amide bonds. The highest BCUT2D eigenvalue weighted by atomic mass is 19.1. The van der Waals surface area contributed by atoms with Gasteiger partial charge in [0.05, 0.1) is 5.52 Å². The van der Waals surface area contributed by atoms with Gasteiger partial charge >= 0.3 is 5.76 Å². The van der Waals surface area contributed by atoms with E-state index in [-0.39, 0.29) is 24.1 Å². The average molecular weight is 314 g/mol. The van der Waals surface area contributed by atoms with Gasteiger partial charge < -0.3 is 9.73 Å². The van der Waals surface area contributed by atoms with Crippen LogP contribution >= 0.6 is 0 Å². The van der Waals surface area contributed by atoms with E-state index in [1.54, 1.807) is 30.3 Å². The topological polar surface area (TPSA) is 75.1 Å². The van der Waals surface area contributed by atoms with Crippen molar-refractivity contribution in [2.75, 3.05) is 5.32 Å². The molecule has 0 saturated heterocycles. The van der Waals surface area contributed by atoms with Gasteiger partial charge in [-0.3, -0.25) is 9.78 Å². The summed E-state index contributed by atoms with van der Waals surface area (Å²) < 4.78 is 17.8. The maximum atomic E-state index is 12.9. The molecule has 0 bridgehead atoms. The Labute approximate surface area is 131 Å². The van der Waals surface area contributed by atoms with Crippen LogP contribution in [0.25, 0.3) is 11.1 Å². The van der Waals surface area contributed by atoms with E-state index in [4.69, 9.17) is 4.42 Å². The molecule has 0 fully saturated rings. The minimum absolute atomic E-state index is 0.0342. The van der Waals surface area contributed by atoms with E-state index in [9.17, 15) is 14.0 Å². The van der Waals surface area contributed by atoms with E-state index in [1.165, 1.54) is 12.1 Å². The second-order valence-electron chi connectivity index (χ2n) is 5.43. The molecule has 1 unspecified atom stereocenters. The van der Waals surface area contributed by atoms with Crippen molar-refractivity contribution in [1.29, 1.82) is 0 Å². The first-order valence-electron chi connectivity index (χ1n) is 7.19. The molecule has 6 heteroatoms. The van der Waals surface area contributed by atoms with Gasteiger partial charge in [0.25, 0.3) is 0 Å². The third kappa shape index (κ3) is 3.48. The number of oxazole rings is 1. The predicted octanol–water partition coefficient (Wildman–Crippen LogP) is 3.39. The average Bonchev–Trinajstić information content (AvgIpc) is 2.87. The van der Waals surface area contributed by atoms with Crippen molar-refractivity contribution in [2.24, 2.45) is 0 Å². The van der Waals surface area contributed by atoms with E-state index in [2.05, 4.69) is 10.3 Å². The number of nitrogens with one attached hydrogen (secondary N) is 2. The molecule has 1 aromatic heterocycles. The number of aromatic nitrogens is 1. The molecule has 3 aromatic rings. The molecule has 0 saturated carbocycles. The van der Waals surface area contributed by atoms with E-state index in [0.717, 1.165) is 5.56 Å². The van der Waals surface area contributed by atoms with E-state index in [1.807, 2.05) is 6.92 Å². The van der Waals surface area contributed by atoms with E-state index < -0.39 is 5.76 Å². The zero-order valence-corrected chi connectivity index (χ0v) is 12.4. The first kappa shape index (κ1) is 15.0. The Hall–Kier alpha value is -2.89. The first-order chi connectivity index (χ1) is 11.0. The third-order valence-electron chi connectivity index (χ3n) is 3.63. The second kappa shape index (κ2) is 6.08. The number of hydrogen-bond donors (Lipinski definition) is 2. The summed E-state index contributed by atoms with van der Waals surface area (Å²) in [5.41, 5.74) is 2.44. The van der Waals surface area contributed by atoms with Gasteiger partial charge in [0.2, 0.25) is 5.91 Å². The number of benzene rings is 2. The highest BCUT2D eigenvalue weighted by molar-refractivity contribution is 5.93. The minimum atomic E-state index is -0.534. The molecule has 2 aromatic carbocycles. The molecule has 3 rings (SSSR count). The maximum absolute atomic E-state index is 12.9. The lowest BCUT2D eigenvalue weighted by atomic mass is 9.97. The van der Waals surface area contributed by atoms with Crippen molar-refractivity contribution in [2.45, 2.75) is 19.3 Å². The monoisotopic (exact) mass is 314 g/mol. The molecule has 5 nitrogen and oxygen atoms in total. The molecule has 0 radical (unpaired) electrons. The van der Waals surface area contributed by atoms with Crippen molar-refractivity contribution >= 4 is 22.7 Å². The van der Waals surface area contributed by atoms with Crippen LogP contribution in [0.5, 0.6) is 0 Å². The summed E-state index contributed by atoms with van der Waals surface area (Å²) in [4.78, 5) is 25.8. The molecule has 0 aliphatic heterocycles. The first-order valence-corrected chi connectivity index (χ1v) is 7.19. The Morgan fingerprint density at radius 1 is 1.26 bits per heavy atom. The number of fused-ring (bicyclic) bond motifs is 1. The summed E-state index contributed by atoms with van der Waals surface area (Å²) in [6, 6.07) is 11.0. The molecule has 0 aliphatic rings. The number of amides is 1. The molecule has 1 heterocycles. The minimum Gasteiger partial charge on any atom is -0.408 e. The van der Waals surface area contributed by atoms with Crippen LogP contribution < -0.4 is 11.1 Å². The Kier molecular flexibility index (Phi) is 3.97. The van der Waals surface area contributed by atoms with Crippen LogP contribution in [0.1, 0.15) is 24.8 Å². The molecular weight excluding hydrogens is 299 g/mol. The molecule has 0 aliphatic carbocycles. The van der Waals surface area contributed by atoms with Gasteiger partial charge in [-0.05, 0) is 41.8 Å². The lowest BCUT2D eigenvalue weighted by Gasteiger charge is -2.12. The Morgan fingerprint density at radius 2 is 2.00 bits per heavy atom. The summed E-state index contributed by atoms with van der Waals surface area (Å²) in [7, 11) is 0. The summed E-state index contributed by atoms with van der Waals surface area (Å²) in [6.45, 7) is 1.91. The number of anilines is 1. The summed E-state index contributed by atoms with van der Waals surface area (Å²) >= 11 is 0. The van der Waals surface area contributed by atoms with Gasteiger partial charge in [0.1, 0.15) is 5.82 Å². The van der Waals surface area contributed by atoms with Gasteiger partial charge in [0, 0.05) is 12.1 Å². The smallest absolute Gasteiger partial charge is 0.408 e. The number of hydrogen-bond acceptors (Lipinski definition) is 3.